The van der Waals surface area contributed by atoms with Crippen LogP contribution in [-0.4, -0.2) is 34.4 Å². The SMILES string of the molecule is Cc1cc(C)n(-c2ccccc2NC(=O)Cn2c(=O)c3c(ncn3C)n(C)c2=O)n1. The predicted octanol–water partition coefficient (Wildman–Crippen LogP) is 0.875. The van der Waals surface area contributed by atoms with E-state index in [-0.39, 0.29) is 11.2 Å². The van der Waals surface area contributed by atoms with Crippen LogP contribution >= 0.6 is 0 Å². The molecule has 0 bridgehead atoms. The number of hydrogen-bond donors (Lipinski definition) is 1. The van der Waals surface area contributed by atoms with Gasteiger partial charge in [0, 0.05) is 19.8 Å². The monoisotopic (exact) mass is 407 g/mol. The number of para-hydroxylation sites is 2. The quantitative estimate of drug-likeness (QED) is 0.540. The third-order valence-corrected chi connectivity index (χ3v) is 4.92. The van der Waals surface area contributed by atoms with Crippen LogP contribution in [0.15, 0.2) is 46.2 Å². The number of imidazole rings is 1. The molecule has 154 valence electrons. The van der Waals surface area contributed by atoms with E-state index in [0.29, 0.717) is 11.4 Å². The van der Waals surface area contributed by atoms with E-state index in [0.717, 1.165) is 16.0 Å². The van der Waals surface area contributed by atoms with Crippen molar-refractivity contribution in [3.8, 4) is 5.69 Å². The van der Waals surface area contributed by atoms with E-state index in [4.69, 9.17) is 0 Å². The van der Waals surface area contributed by atoms with Gasteiger partial charge in [-0.05, 0) is 32.0 Å². The summed E-state index contributed by atoms with van der Waals surface area (Å²) in [6, 6.07) is 9.15. The van der Waals surface area contributed by atoms with Crippen molar-refractivity contribution in [3.05, 3.63) is 68.9 Å². The molecule has 0 unspecified atom stereocenters. The second kappa shape index (κ2) is 7.14. The maximum atomic E-state index is 12.8. The summed E-state index contributed by atoms with van der Waals surface area (Å²) in [5.41, 5.74) is 2.36. The Kier molecular flexibility index (Phi) is 4.61. The average Bonchev–Trinajstić information content (AvgIpc) is 3.25. The average molecular weight is 407 g/mol. The van der Waals surface area contributed by atoms with Crippen molar-refractivity contribution in [3.63, 3.8) is 0 Å². The smallest absolute Gasteiger partial charge is 0.328 e. The number of rotatable bonds is 4. The maximum absolute atomic E-state index is 12.8. The lowest BCUT2D eigenvalue weighted by atomic mass is 10.2. The van der Waals surface area contributed by atoms with Crippen molar-refractivity contribution in [1.29, 1.82) is 0 Å². The van der Waals surface area contributed by atoms with E-state index < -0.39 is 23.7 Å². The van der Waals surface area contributed by atoms with Gasteiger partial charge in [-0.3, -0.25) is 14.2 Å². The van der Waals surface area contributed by atoms with Gasteiger partial charge >= 0.3 is 5.69 Å². The van der Waals surface area contributed by atoms with Crippen LogP contribution in [0.5, 0.6) is 0 Å². The molecule has 1 amide bonds. The lowest BCUT2D eigenvalue weighted by molar-refractivity contribution is -0.116. The fourth-order valence-corrected chi connectivity index (χ4v) is 3.51. The molecule has 1 N–H and O–H groups in total. The summed E-state index contributed by atoms with van der Waals surface area (Å²) >= 11 is 0. The molecule has 0 aliphatic heterocycles. The minimum Gasteiger partial charge on any atom is -0.328 e. The van der Waals surface area contributed by atoms with Gasteiger partial charge in [-0.1, -0.05) is 12.1 Å². The van der Waals surface area contributed by atoms with Crippen molar-refractivity contribution < 1.29 is 4.79 Å². The van der Waals surface area contributed by atoms with Crippen molar-refractivity contribution in [2.75, 3.05) is 5.32 Å². The second-order valence-electron chi connectivity index (χ2n) is 7.16. The molecule has 0 radical (unpaired) electrons. The summed E-state index contributed by atoms with van der Waals surface area (Å²) in [6.07, 6.45) is 1.46. The highest BCUT2D eigenvalue weighted by atomic mass is 16.2. The molecule has 10 nitrogen and oxygen atoms in total. The van der Waals surface area contributed by atoms with E-state index in [1.54, 1.807) is 23.9 Å². The van der Waals surface area contributed by atoms with Crippen LogP contribution in [0, 0.1) is 13.8 Å². The summed E-state index contributed by atoms with van der Waals surface area (Å²) < 4.78 is 5.43. The summed E-state index contributed by atoms with van der Waals surface area (Å²) in [7, 11) is 3.18. The van der Waals surface area contributed by atoms with E-state index >= 15 is 0 Å². The summed E-state index contributed by atoms with van der Waals surface area (Å²) in [5.74, 6) is -0.496. The zero-order chi connectivity index (χ0) is 21.6. The number of aryl methyl sites for hydroxylation is 4. The molecule has 0 atom stereocenters. The lowest BCUT2D eigenvalue weighted by Crippen LogP contribution is -2.42. The molecule has 4 aromatic rings. The molecule has 0 saturated carbocycles. The topological polar surface area (TPSA) is 109 Å². The normalized spacial score (nSPS) is 11.2. The molecular weight excluding hydrogens is 386 g/mol. The zero-order valence-corrected chi connectivity index (χ0v) is 17.1. The largest absolute Gasteiger partial charge is 0.332 e. The molecule has 0 aliphatic rings. The Hall–Kier alpha value is -3.95. The van der Waals surface area contributed by atoms with E-state index in [1.807, 2.05) is 32.0 Å². The van der Waals surface area contributed by atoms with Crippen LogP contribution in [0.25, 0.3) is 16.9 Å². The van der Waals surface area contributed by atoms with Crippen LogP contribution in [0.2, 0.25) is 0 Å². The van der Waals surface area contributed by atoms with Gasteiger partial charge in [-0.2, -0.15) is 5.10 Å². The summed E-state index contributed by atoms with van der Waals surface area (Å²) in [5, 5.41) is 7.25. The summed E-state index contributed by atoms with van der Waals surface area (Å²) in [6.45, 7) is 3.39. The van der Waals surface area contributed by atoms with Gasteiger partial charge < -0.3 is 9.88 Å². The van der Waals surface area contributed by atoms with E-state index in [9.17, 15) is 14.4 Å². The van der Waals surface area contributed by atoms with Gasteiger partial charge in [0.1, 0.15) is 6.54 Å². The fourth-order valence-electron chi connectivity index (χ4n) is 3.51. The molecule has 4 rings (SSSR count). The number of aromatic nitrogens is 6. The number of nitrogens with one attached hydrogen (secondary N) is 1. The van der Waals surface area contributed by atoms with Crippen LogP contribution in [0.1, 0.15) is 11.4 Å². The van der Waals surface area contributed by atoms with Gasteiger partial charge in [0.15, 0.2) is 11.2 Å². The third kappa shape index (κ3) is 3.11. The number of fused-ring (bicyclic) bond motifs is 1. The molecule has 0 aliphatic carbocycles. The molecule has 3 heterocycles. The summed E-state index contributed by atoms with van der Waals surface area (Å²) in [4.78, 5) is 42.3. The predicted molar refractivity (Wildman–Crippen MR) is 112 cm³/mol. The van der Waals surface area contributed by atoms with Crippen LogP contribution in [0.4, 0.5) is 5.69 Å². The minimum atomic E-state index is -0.604. The molecule has 3 aromatic heterocycles. The highest BCUT2D eigenvalue weighted by molar-refractivity contribution is 5.92. The Morgan fingerprint density at radius 3 is 2.57 bits per heavy atom. The fraction of sp³-hybridized carbons (Fsp3) is 0.250. The first kappa shape index (κ1) is 19.4. The molecule has 10 heteroatoms. The van der Waals surface area contributed by atoms with Gasteiger partial charge in [0.05, 0.1) is 23.4 Å². The van der Waals surface area contributed by atoms with Gasteiger partial charge in [0.2, 0.25) is 5.91 Å². The van der Waals surface area contributed by atoms with E-state index in [2.05, 4.69) is 15.4 Å². The van der Waals surface area contributed by atoms with Crippen LogP contribution < -0.4 is 16.6 Å². The zero-order valence-electron chi connectivity index (χ0n) is 17.1. The van der Waals surface area contributed by atoms with Gasteiger partial charge in [-0.25, -0.2) is 19.0 Å². The number of anilines is 1. The Morgan fingerprint density at radius 1 is 1.13 bits per heavy atom. The molecule has 0 spiro atoms. The third-order valence-electron chi connectivity index (χ3n) is 4.92. The Bertz CT molecular complexity index is 1400. The van der Waals surface area contributed by atoms with Gasteiger partial charge in [-0.15, -0.1) is 0 Å². The van der Waals surface area contributed by atoms with Crippen LogP contribution in [0.3, 0.4) is 0 Å². The number of carbonyl (C=O) groups is 1. The van der Waals surface area contributed by atoms with Crippen molar-refractivity contribution >= 4 is 22.8 Å². The number of nitrogens with zero attached hydrogens (tertiary/aromatic N) is 6. The van der Waals surface area contributed by atoms with Crippen LogP contribution in [-0.2, 0) is 25.4 Å². The van der Waals surface area contributed by atoms with Crippen molar-refractivity contribution in [2.24, 2.45) is 14.1 Å². The Balaban J connectivity index is 1.69. The highest BCUT2D eigenvalue weighted by Crippen LogP contribution is 2.21. The molecule has 30 heavy (non-hydrogen) atoms. The molecule has 0 saturated heterocycles. The number of carbonyl (C=O) groups excluding carboxylic acids is 1. The molecule has 1 aromatic carbocycles. The van der Waals surface area contributed by atoms with Crippen molar-refractivity contribution in [1.82, 2.24) is 28.5 Å². The minimum absolute atomic E-state index is 0.257. The Morgan fingerprint density at radius 2 is 1.87 bits per heavy atom. The molecular formula is C20H21N7O3. The second-order valence-corrected chi connectivity index (χ2v) is 7.16. The first-order valence-electron chi connectivity index (χ1n) is 9.31. The van der Waals surface area contributed by atoms with Crippen molar-refractivity contribution in [2.45, 2.75) is 20.4 Å². The van der Waals surface area contributed by atoms with Gasteiger partial charge in [0.25, 0.3) is 5.56 Å². The Labute approximate surface area is 171 Å². The standard InChI is InChI=1S/C20H21N7O3/c1-12-9-13(2)27(23-12)15-8-6-5-7-14(15)22-16(28)10-26-19(29)17-18(21-11-24(17)3)25(4)20(26)30/h5-9,11H,10H2,1-4H3,(H,22,28). The number of amides is 1. The highest BCUT2D eigenvalue weighted by Gasteiger charge is 2.18. The molecule has 0 fully saturated rings. The lowest BCUT2D eigenvalue weighted by Gasteiger charge is -2.13. The first-order valence-corrected chi connectivity index (χ1v) is 9.31. The number of benzene rings is 1. The maximum Gasteiger partial charge on any atom is 0.332 e. The van der Waals surface area contributed by atoms with E-state index in [1.165, 1.54) is 22.5 Å². The first-order chi connectivity index (χ1) is 14.3. The number of hydrogen-bond acceptors (Lipinski definition) is 5.